The first-order chi connectivity index (χ1) is 29.5. The van der Waals surface area contributed by atoms with Gasteiger partial charge in [0.25, 0.3) is 0 Å². The van der Waals surface area contributed by atoms with Crippen molar-refractivity contribution in [1.29, 1.82) is 0 Å². The number of pyridine rings is 1. The Kier molecular flexibility index (Phi) is 9.03. The van der Waals surface area contributed by atoms with Crippen LogP contribution in [0.2, 0.25) is 0 Å². The number of aromatic nitrogens is 4. The number of para-hydroxylation sites is 4. The van der Waals surface area contributed by atoms with Gasteiger partial charge in [-0.15, -0.1) is 0 Å². The molecule has 7 aromatic carbocycles. The van der Waals surface area contributed by atoms with Crippen molar-refractivity contribution in [2.75, 3.05) is 0 Å². The Hall–Kier alpha value is -7.24. The topological polar surface area (TPSA) is 55.9 Å². The summed E-state index contributed by atoms with van der Waals surface area (Å²) < 4.78 is 4.59. The minimum atomic E-state index is -0.168. The molecule has 0 aliphatic carbocycles. The first-order valence-corrected chi connectivity index (χ1v) is 21.1. The normalized spacial score (nSPS) is 12.2. The van der Waals surface area contributed by atoms with Gasteiger partial charge in [-0.2, -0.15) is 0 Å². The van der Waals surface area contributed by atoms with Crippen molar-refractivity contribution in [1.82, 2.24) is 19.1 Å². The number of imidazole rings is 1. The van der Waals surface area contributed by atoms with Gasteiger partial charge in [-0.05, 0) is 99.8 Å². The van der Waals surface area contributed by atoms with Crippen LogP contribution in [0, 0.1) is 0 Å². The van der Waals surface area contributed by atoms with Crippen LogP contribution in [0.15, 0.2) is 176 Å². The lowest BCUT2D eigenvalue weighted by Gasteiger charge is -2.23. The number of fused-ring (bicyclic) bond motifs is 4. The molecule has 3 heterocycles. The molecule has 0 unspecified atom stereocenters. The van der Waals surface area contributed by atoms with Crippen molar-refractivity contribution >= 4 is 32.8 Å². The predicted molar refractivity (Wildman–Crippen MR) is 254 cm³/mol. The lowest BCUT2D eigenvalue weighted by molar-refractivity contribution is 0.477. The highest BCUT2D eigenvalue weighted by Crippen LogP contribution is 2.44. The molecule has 0 amide bonds. The van der Waals surface area contributed by atoms with E-state index in [0.29, 0.717) is 11.4 Å². The molecule has 3 aromatic heterocycles. The summed E-state index contributed by atoms with van der Waals surface area (Å²) in [7, 11) is 0. The van der Waals surface area contributed by atoms with Crippen molar-refractivity contribution in [2.24, 2.45) is 0 Å². The average molecular weight is 793 g/mol. The molecule has 298 valence electrons. The standard InChI is InChI=1S/C56H48N4O/c1-55(2,3)39-28-29-48(46(35-39)36-18-9-7-10-19-36)60-49-26-17-24-42(52(49)58-54(60)45-23-14-16-27-50(45)61)37-32-38(34-40(33-37)56(4,5)6)51-53-44(30-31-57-51)43-22-13-15-25-47(43)59(53)41-20-11-8-12-21-41/h7-35,61H,1-6H3. The first kappa shape index (κ1) is 38.0. The van der Waals surface area contributed by atoms with Gasteiger partial charge in [0.05, 0.1) is 39.0 Å². The van der Waals surface area contributed by atoms with E-state index < -0.39 is 0 Å². The van der Waals surface area contributed by atoms with Gasteiger partial charge in [0.2, 0.25) is 0 Å². The quantitative estimate of drug-likeness (QED) is 0.182. The molecule has 0 aliphatic heterocycles. The predicted octanol–water partition coefficient (Wildman–Crippen LogP) is 14.5. The van der Waals surface area contributed by atoms with Gasteiger partial charge in [0.15, 0.2) is 0 Å². The molecule has 5 heteroatoms. The zero-order valence-corrected chi connectivity index (χ0v) is 35.5. The van der Waals surface area contributed by atoms with Crippen molar-refractivity contribution in [3.05, 3.63) is 187 Å². The molecule has 0 saturated heterocycles. The molecule has 10 aromatic rings. The highest BCUT2D eigenvalue weighted by molar-refractivity contribution is 6.13. The average Bonchev–Trinajstić information content (AvgIpc) is 3.82. The summed E-state index contributed by atoms with van der Waals surface area (Å²) in [6.45, 7) is 13.6. The van der Waals surface area contributed by atoms with Crippen LogP contribution < -0.4 is 0 Å². The number of hydrogen-bond acceptors (Lipinski definition) is 3. The molecule has 5 nitrogen and oxygen atoms in total. The molecule has 0 fully saturated rings. The number of hydrogen-bond donors (Lipinski definition) is 1. The lowest BCUT2D eigenvalue weighted by Crippen LogP contribution is -2.12. The number of aromatic hydroxyl groups is 1. The number of phenols is 1. The van der Waals surface area contributed by atoms with Crippen LogP contribution in [0.4, 0.5) is 0 Å². The van der Waals surface area contributed by atoms with E-state index in [2.05, 4.69) is 196 Å². The summed E-state index contributed by atoms with van der Waals surface area (Å²) in [6, 6.07) is 59.5. The summed E-state index contributed by atoms with van der Waals surface area (Å²) >= 11 is 0. The van der Waals surface area contributed by atoms with Gasteiger partial charge in [0.1, 0.15) is 11.6 Å². The summed E-state index contributed by atoms with van der Waals surface area (Å²) in [5.74, 6) is 0.852. The smallest absolute Gasteiger partial charge is 0.149 e. The number of nitrogens with zero attached hydrogens (tertiary/aromatic N) is 4. The molecule has 0 bridgehead atoms. The third-order valence-electron chi connectivity index (χ3n) is 12.0. The second kappa shape index (κ2) is 14.5. The number of benzene rings is 7. The Morgan fingerprint density at radius 2 is 1.13 bits per heavy atom. The van der Waals surface area contributed by atoms with E-state index in [1.807, 2.05) is 24.4 Å². The first-order valence-electron chi connectivity index (χ1n) is 21.1. The molecule has 0 atom stereocenters. The number of rotatable bonds is 6. The third-order valence-corrected chi connectivity index (χ3v) is 12.0. The Bertz CT molecular complexity index is 3270. The summed E-state index contributed by atoms with van der Waals surface area (Å²) in [5, 5.41) is 13.8. The summed E-state index contributed by atoms with van der Waals surface area (Å²) in [5.41, 5.74) is 15.2. The molecular formula is C56H48N4O. The fraction of sp³-hybridized carbons (Fsp3) is 0.143. The van der Waals surface area contributed by atoms with Gasteiger partial charge < -0.3 is 9.67 Å². The Morgan fingerprint density at radius 1 is 0.475 bits per heavy atom. The zero-order chi connectivity index (χ0) is 42.0. The molecule has 0 aliphatic rings. The highest BCUT2D eigenvalue weighted by atomic mass is 16.3. The van der Waals surface area contributed by atoms with Crippen molar-refractivity contribution < 1.29 is 5.11 Å². The van der Waals surface area contributed by atoms with Crippen LogP contribution in [0.3, 0.4) is 0 Å². The van der Waals surface area contributed by atoms with E-state index in [1.54, 1.807) is 6.07 Å². The molecule has 1 N–H and O–H groups in total. The van der Waals surface area contributed by atoms with Crippen LogP contribution in [-0.4, -0.2) is 24.2 Å². The van der Waals surface area contributed by atoms with Crippen LogP contribution in [0.25, 0.3) is 89.1 Å². The molecule has 10 rings (SSSR count). The SMILES string of the molecule is CC(C)(C)c1cc(-c2cccc3c2nc(-c2ccccc2O)n3-c2ccc(C(C)(C)C)cc2-c2ccccc2)cc(-c2nccc3c4ccccc4n(-c4ccccc4)c23)c1. The third kappa shape index (κ3) is 6.58. The molecule has 61 heavy (non-hydrogen) atoms. The Balaban J connectivity index is 1.27. The monoisotopic (exact) mass is 792 g/mol. The van der Waals surface area contributed by atoms with Gasteiger partial charge in [-0.25, -0.2) is 4.98 Å². The second-order valence-electron chi connectivity index (χ2n) is 18.1. The van der Waals surface area contributed by atoms with E-state index in [-0.39, 0.29) is 16.6 Å². The van der Waals surface area contributed by atoms with Gasteiger partial charge in [-0.3, -0.25) is 9.55 Å². The van der Waals surface area contributed by atoms with Crippen LogP contribution in [-0.2, 0) is 10.8 Å². The highest BCUT2D eigenvalue weighted by Gasteiger charge is 2.26. The van der Waals surface area contributed by atoms with Gasteiger partial charge >= 0.3 is 0 Å². The maximum absolute atomic E-state index is 11.5. The van der Waals surface area contributed by atoms with Gasteiger partial charge in [0, 0.05) is 39.3 Å². The number of phenolic OH excluding ortho intramolecular Hbond substituents is 1. The van der Waals surface area contributed by atoms with Crippen LogP contribution in [0.1, 0.15) is 52.7 Å². The molecule has 0 saturated carbocycles. The van der Waals surface area contributed by atoms with E-state index in [9.17, 15) is 5.11 Å². The zero-order valence-electron chi connectivity index (χ0n) is 35.5. The van der Waals surface area contributed by atoms with Crippen LogP contribution in [0.5, 0.6) is 5.75 Å². The largest absolute Gasteiger partial charge is 0.507 e. The minimum absolute atomic E-state index is 0.0583. The van der Waals surface area contributed by atoms with Crippen molar-refractivity contribution in [3.8, 4) is 62.0 Å². The van der Waals surface area contributed by atoms with E-state index >= 15 is 0 Å². The second-order valence-corrected chi connectivity index (χ2v) is 18.1. The van der Waals surface area contributed by atoms with Crippen molar-refractivity contribution in [3.63, 3.8) is 0 Å². The lowest BCUT2D eigenvalue weighted by atomic mass is 9.83. The maximum atomic E-state index is 11.5. The van der Waals surface area contributed by atoms with E-state index in [4.69, 9.17) is 9.97 Å². The van der Waals surface area contributed by atoms with Crippen molar-refractivity contribution in [2.45, 2.75) is 52.4 Å². The van der Waals surface area contributed by atoms with E-state index in [1.165, 1.54) is 16.5 Å². The molecule has 0 radical (unpaired) electrons. The van der Waals surface area contributed by atoms with Gasteiger partial charge in [-0.1, -0.05) is 145 Å². The fourth-order valence-corrected chi connectivity index (χ4v) is 8.79. The van der Waals surface area contributed by atoms with E-state index in [0.717, 1.165) is 72.3 Å². The Labute approximate surface area is 357 Å². The fourth-order valence-electron chi connectivity index (χ4n) is 8.79. The molecule has 0 spiro atoms. The Morgan fingerprint density at radius 3 is 1.89 bits per heavy atom. The molecular weight excluding hydrogens is 745 g/mol. The minimum Gasteiger partial charge on any atom is -0.507 e. The summed E-state index contributed by atoms with van der Waals surface area (Å²) in [6.07, 6.45) is 1.94. The summed E-state index contributed by atoms with van der Waals surface area (Å²) in [4.78, 5) is 10.7. The van der Waals surface area contributed by atoms with Crippen LogP contribution >= 0.6 is 0 Å². The maximum Gasteiger partial charge on any atom is 0.149 e.